The van der Waals surface area contributed by atoms with Crippen molar-refractivity contribution in [2.24, 2.45) is 0 Å². The number of hydrogen-bond acceptors (Lipinski definition) is 6. The van der Waals surface area contributed by atoms with E-state index in [1.807, 2.05) is 30.5 Å². The molecule has 24 heavy (non-hydrogen) atoms. The summed E-state index contributed by atoms with van der Waals surface area (Å²) < 4.78 is 0.279. The monoisotopic (exact) mass is 376 g/mol. The van der Waals surface area contributed by atoms with Gasteiger partial charge >= 0.3 is 5.97 Å². The van der Waals surface area contributed by atoms with Crippen LogP contribution in [0.5, 0.6) is 0 Å². The summed E-state index contributed by atoms with van der Waals surface area (Å²) in [6, 6.07) is 7.88. The average Bonchev–Trinajstić information content (AvgIpc) is 3.08. The molecule has 0 atom stereocenters. The molecular formula is C16H12N2O3S3. The first-order valence-electron chi connectivity index (χ1n) is 6.98. The Hall–Kier alpha value is -2.03. The molecule has 0 aromatic carbocycles. The number of carboxylic acids is 1. The van der Waals surface area contributed by atoms with E-state index in [4.69, 9.17) is 17.3 Å². The van der Waals surface area contributed by atoms with Gasteiger partial charge in [0.15, 0.2) is 0 Å². The third-order valence-corrected chi connectivity index (χ3v) is 5.63. The van der Waals surface area contributed by atoms with Crippen LogP contribution < -0.4 is 0 Å². The molecule has 8 heteroatoms. The van der Waals surface area contributed by atoms with Crippen molar-refractivity contribution in [2.75, 3.05) is 6.54 Å². The van der Waals surface area contributed by atoms with Crippen LogP contribution in [-0.2, 0) is 16.0 Å². The number of thiophene rings is 1. The molecule has 1 aliphatic rings. The van der Waals surface area contributed by atoms with Crippen LogP contribution in [0, 0.1) is 0 Å². The van der Waals surface area contributed by atoms with Crippen LogP contribution in [0.4, 0.5) is 0 Å². The van der Waals surface area contributed by atoms with Crippen LogP contribution >= 0.6 is 35.3 Å². The Morgan fingerprint density at radius 2 is 2.21 bits per heavy atom. The Morgan fingerprint density at radius 1 is 1.38 bits per heavy atom. The number of carbonyl (C=O) groups is 2. The topological polar surface area (TPSA) is 70.5 Å². The van der Waals surface area contributed by atoms with Gasteiger partial charge in [-0.1, -0.05) is 30.0 Å². The quantitative estimate of drug-likeness (QED) is 0.639. The Morgan fingerprint density at radius 3 is 2.92 bits per heavy atom. The summed E-state index contributed by atoms with van der Waals surface area (Å²) in [7, 11) is 0. The molecule has 0 spiro atoms. The van der Waals surface area contributed by atoms with E-state index in [2.05, 4.69) is 4.98 Å². The van der Waals surface area contributed by atoms with E-state index < -0.39 is 12.5 Å². The van der Waals surface area contributed by atoms with Crippen molar-refractivity contribution in [3.8, 4) is 0 Å². The molecule has 3 rings (SSSR count). The van der Waals surface area contributed by atoms with Crippen LogP contribution in [0.2, 0.25) is 0 Å². The summed E-state index contributed by atoms with van der Waals surface area (Å²) in [6.07, 6.45) is 6.11. The Kier molecular flexibility index (Phi) is 5.08. The molecule has 122 valence electrons. The van der Waals surface area contributed by atoms with E-state index in [0.717, 1.165) is 38.4 Å². The third-order valence-electron chi connectivity index (χ3n) is 3.22. The minimum Gasteiger partial charge on any atom is -0.480 e. The van der Waals surface area contributed by atoms with Crippen LogP contribution in [0.3, 0.4) is 0 Å². The van der Waals surface area contributed by atoms with Crippen molar-refractivity contribution in [3.05, 3.63) is 56.9 Å². The summed E-state index contributed by atoms with van der Waals surface area (Å²) in [5.74, 6) is -1.43. The number of aliphatic carboxylic acids is 1. The van der Waals surface area contributed by atoms with Crippen LogP contribution in [-0.4, -0.2) is 37.7 Å². The van der Waals surface area contributed by atoms with Gasteiger partial charge < -0.3 is 5.11 Å². The molecule has 0 unspecified atom stereocenters. The fourth-order valence-corrected chi connectivity index (χ4v) is 4.48. The molecule has 0 radical (unpaired) electrons. The van der Waals surface area contributed by atoms with Gasteiger partial charge in [0, 0.05) is 28.6 Å². The highest BCUT2D eigenvalue weighted by atomic mass is 32.2. The van der Waals surface area contributed by atoms with Crippen molar-refractivity contribution < 1.29 is 14.7 Å². The van der Waals surface area contributed by atoms with E-state index in [-0.39, 0.29) is 10.2 Å². The molecule has 1 saturated heterocycles. The average molecular weight is 376 g/mol. The number of carbonyl (C=O) groups excluding carboxylic acids is 1. The Labute approximate surface area is 152 Å². The number of amides is 1. The lowest BCUT2D eigenvalue weighted by molar-refractivity contribution is -0.140. The summed E-state index contributed by atoms with van der Waals surface area (Å²) in [5.41, 5.74) is 1.12. The van der Waals surface area contributed by atoms with E-state index in [9.17, 15) is 9.59 Å². The zero-order valence-corrected chi connectivity index (χ0v) is 14.8. The van der Waals surface area contributed by atoms with Crippen molar-refractivity contribution >= 4 is 57.6 Å². The molecule has 2 aromatic rings. The standard InChI is InChI=1S/C16H12N2O3S3/c19-14(20)9-18-15(21)13(24-16(18)22)7-12-4-3-11(23-12)6-10-2-1-5-17-8-10/h1-5,7-8H,6,9H2,(H,19,20)/b13-7-. The predicted octanol–water partition coefficient (Wildman–Crippen LogP) is 3.02. The molecule has 0 aliphatic carbocycles. The molecule has 1 amide bonds. The van der Waals surface area contributed by atoms with E-state index in [1.165, 1.54) is 0 Å². The summed E-state index contributed by atoms with van der Waals surface area (Å²) in [4.78, 5) is 30.8. The minimum absolute atomic E-state index is 0.279. The summed E-state index contributed by atoms with van der Waals surface area (Å²) >= 11 is 7.80. The van der Waals surface area contributed by atoms with Gasteiger partial charge in [-0.15, -0.1) is 11.3 Å². The second kappa shape index (κ2) is 7.25. The van der Waals surface area contributed by atoms with Crippen molar-refractivity contribution in [1.29, 1.82) is 0 Å². The first-order chi connectivity index (χ1) is 11.5. The number of thioether (sulfide) groups is 1. The second-order valence-electron chi connectivity index (χ2n) is 5.00. The molecule has 0 bridgehead atoms. The largest absolute Gasteiger partial charge is 0.480 e. The fraction of sp³-hybridized carbons (Fsp3) is 0.125. The van der Waals surface area contributed by atoms with Gasteiger partial charge in [-0.25, -0.2) is 0 Å². The van der Waals surface area contributed by atoms with Gasteiger partial charge in [0.2, 0.25) is 0 Å². The van der Waals surface area contributed by atoms with Gasteiger partial charge in [-0.2, -0.15) is 0 Å². The van der Waals surface area contributed by atoms with Crippen molar-refractivity contribution in [1.82, 2.24) is 9.88 Å². The lowest BCUT2D eigenvalue weighted by Crippen LogP contribution is -2.33. The maximum absolute atomic E-state index is 12.2. The third kappa shape index (κ3) is 3.89. The number of thiocarbonyl (C=S) groups is 1. The number of carboxylic acid groups (broad SMARTS) is 1. The minimum atomic E-state index is -1.08. The zero-order valence-electron chi connectivity index (χ0n) is 12.3. The molecule has 5 nitrogen and oxygen atoms in total. The maximum Gasteiger partial charge on any atom is 0.323 e. The van der Waals surface area contributed by atoms with Crippen LogP contribution in [0.25, 0.3) is 6.08 Å². The number of pyridine rings is 1. The van der Waals surface area contributed by atoms with E-state index in [0.29, 0.717) is 4.91 Å². The Bertz CT molecular complexity index is 830. The smallest absolute Gasteiger partial charge is 0.323 e. The Balaban J connectivity index is 1.74. The van der Waals surface area contributed by atoms with Gasteiger partial charge in [-0.3, -0.25) is 19.5 Å². The summed E-state index contributed by atoms with van der Waals surface area (Å²) in [6.45, 7) is -0.404. The van der Waals surface area contributed by atoms with Crippen LogP contribution in [0.15, 0.2) is 41.6 Å². The molecular weight excluding hydrogens is 364 g/mol. The molecule has 1 aliphatic heterocycles. The van der Waals surface area contributed by atoms with Crippen molar-refractivity contribution in [2.45, 2.75) is 6.42 Å². The SMILES string of the molecule is O=C(O)CN1C(=O)/C(=C/c2ccc(Cc3cccnc3)s2)SC1=S. The normalized spacial score (nSPS) is 16.2. The van der Waals surface area contributed by atoms with Gasteiger partial charge in [0.1, 0.15) is 10.9 Å². The lowest BCUT2D eigenvalue weighted by Gasteiger charge is -2.09. The first kappa shape index (κ1) is 16.8. The lowest BCUT2D eigenvalue weighted by atomic mass is 10.2. The van der Waals surface area contributed by atoms with Crippen LogP contribution in [0.1, 0.15) is 15.3 Å². The second-order valence-corrected chi connectivity index (χ2v) is 7.88. The zero-order chi connectivity index (χ0) is 17.1. The fourth-order valence-electron chi connectivity index (χ4n) is 2.17. The number of hydrogen-bond donors (Lipinski definition) is 1. The van der Waals surface area contributed by atoms with E-state index in [1.54, 1.807) is 23.6 Å². The molecule has 1 fully saturated rings. The molecule has 2 aromatic heterocycles. The highest BCUT2D eigenvalue weighted by Gasteiger charge is 2.33. The maximum atomic E-state index is 12.2. The number of nitrogens with zero attached hydrogens (tertiary/aromatic N) is 2. The highest BCUT2D eigenvalue weighted by molar-refractivity contribution is 8.26. The molecule has 3 heterocycles. The highest BCUT2D eigenvalue weighted by Crippen LogP contribution is 2.33. The molecule has 1 N–H and O–H groups in total. The first-order valence-corrected chi connectivity index (χ1v) is 9.02. The predicted molar refractivity (Wildman–Crippen MR) is 98.9 cm³/mol. The summed E-state index contributed by atoms with van der Waals surface area (Å²) in [5, 5.41) is 8.84. The number of rotatable bonds is 5. The van der Waals surface area contributed by atoms with E-state index >= 15 is 0 Å². The van der Waals surface area contributed by atoms with Gasteiger partial charge in [0.05, 0.1) is 4.91 Å². The van der Waals surface area contributed by atoms with Gasteiger partial charge in [-0.05, 0) is 29.8 Å². The van der Waals surface area contributed by atoms with Gasteiger partial charge in [0.25, 0.3) is 5.91 Å². The number of aromatic nitrogens is 1. The molecule has 0 saturated carbocycles. The van der Waals surface area contributed by atoms with Crippen molar-refractivity contribution in [3.63, 3.8) is 0 Å².